The number of amides is 1. The molecule has 1 heterocycles. The predicted octanol–water partition coefficient (Wildman–Crippen LogP) is 2.60. The molecule has 0 atom stereocenters. The van der Waals surface area contributed by atoms with Crippen LogP contribution in [0, 0.1) is 5.92 Å². The number of nitrogens with zero attached hydrogens (tertiary/aromatic N) is 1. The molecular formula is C17H25ClN2O. The summed E-state index contributed by atoms with van der Waals surface area (Å²) in [6, 6.07) is 10.3. The number of hydrogen-bond donors (Lipinski definition) is 1. The zero-order valence-electron chi connectivity index (χ0n) is 12.7. The van der Waals surface area contributed by atoms with Crippen LogP contribution in [0.5, 0.6) is 0 Å². The third-order valence-electron chi connectivity index (χ3n) is 4.88. The monoisotopic (exact) mass is 308 g/mol. The summed E-state index contributed by atoms with van der Waals surface area (Å²) < 4.78 is 0. The highest BCUT2D eigenvalue weighted by Crippen LogP contribution is 2.49. The molecule has 0 unspecified atom stereocenters. The Kier molecular flexibility index (Phi) is 5.28. The maximum Gasteiger partial charge on any atom is 0.233 e. The highest BCUT2D eigenvalue weighted by Gasteiger charge is 2.53. The molecule has 2 fully saturated rings. The lowest BCUT2D eigenvalue weighted by Gasteiger charge is -2.34. The van der Waals surface area contributed by atoms with Gasteiger partial charge >= 0.3 is 0 Å². The Balaban J connectivity index is 0.00000161. The van der Waals surface area contributed by atoms with Gasteiger partial charge in [0.2, 0.25) is 5.91 Å². The summed E-state index contributed by atoms with van der Waals surface area (Å²) in [6.07, 6.45) is 4.31. The number of nitrogens with one attached hydrogen (secondary N) is 1. The van der Waals surface area contributed by atoms with Crippen molar-refractivity contribution in [3.8, 4) is 0 Å². The molecule has 1 aliphatic carbocycles. The molecule has 0 radical (unpaired) electrons. The van der Waals surface area contributed by atoms with E-state index in [1.165, 1.54) is 5.56 Å². The van der Waals surface area contributed by atoms with Crippen molar-refractivity contribution in [3.05, 3.63) is 35.9 Å². The summed E-state index contributed by atoms with van der Waals surface area (Å²) in [5, 5.41) is 3.25. The fourth-order valence-electron chi connectivity index (χ4n) is 3.44. The van der Waals surface area contributed by atoms with Gasteiger partial charge in [0.05, 0.1) is 5.41 Å². The van der Waals surface area contributed by atoms with Gasteiger partial charge in [-0.25, -0.2) is 0 Å². The zero-order valence-corrected chi connectivity index (χ0v) is 13.5. The Morgan fingerprint density at radius 3 is 2.38 bits per heavy atom. The van der Waals surface area contributed by atoms with Crippen molar-refractivity contribution in [2.75, 3.05) is 26.7 Å². The molecule has 1 saturated heterocycles. The third kappa shape index (κ3) is 3.24. The summed E-state index contributed by atoms with van der Waals surface area (Å²) in [7, 11) is 2.01. The van der Waals surface area contributed by atoms with E-state index in [0.717, 1.165) is 51.2 Å². The van der Waals surface area contributed by atoms with E-state index in [-0.39, 0.29) is 17.8 Å². The van der Waals surface area contributed by atoms with Crippen molar-refractivity contribution >= 4 is 18.3 Å². The van der Waals surface area contributed by atoms with Crippen molar-refractivity contribution in [1.29, 1.82) is 0 Å². The normalized spacial score (nSPS) is 20.7. The molecule has 21 heavy (non-hydrogen) atoms. The minimum Gasteiger partial charge on any atom is -0.342 e. The molecule has 1 N–H and O–H groups in total. The summed E-state index contributed by atoms with van der Waals surface area (Å²) >= 11 is 0. The van der Waals surface area contributed by atoms with Crippen LogP contribution < -0.4 is 5.32 Å². The molecule has 0 bridgehead atoms. The van der Waals surface area contributed by atoms with E-state index in [4.69, 9.17) is 0 Å². The number of benzene rings is 1. The summed E-state index contributed by atoms with van der Waals surface area (Å²) in [5.74, 6) is 1.10. The Morgan fingerprint density at radius 1 is 1.24 bits per heavy atom. The second-order valence-corrected chi connectivity index (χ2v) is 6.24. The molecule has 4 heteroatoms. The van der Waals surface area contributed by atoms with E-state index >= 15 is 0 Å². The molecule has 1 aromatic carbocycles. The number of likely N-dealkylation sites (tertiary alicyclic amines) is 1. The molecule has 3 nitrogen and oxygen atoms in total. The van der Waals surface area contributed by atoms with Gasteiger partial charge in [-0.15, -0.1) is 12.4 Å². The lowest BCUT2D eigenvalue weighted by Crippen LogP contribution is -2.45. The van der Waals surface area contributed by atoms with Gasteiger partial charge < -0.3 is 10.2 Å². The van der Waals surface area contributed by atoms with Crippen LogP contribution in [0.4, 0.5) is 0 Å². The standard InChI is InChI=1S/C17H24N2O.ClH/c1-18-13-14-7-11-19(12-8-14)16(20)17(9-10-17)15-5-3-2-4-6-15;/h2-6,14,18H,7-13H2,1H3;1H. The van der Waals surface area contributed by atoms with E-state index in [1.54, 1.807) is 0 Å². The van der Waals surface area contributed by atoms with E-state index in [2.05, 4.69) is 22.3 Å². The Morgan fingerprint density at radius 2 is 1.86 bits per heavy atom. The van der Waals surface area contributed by atoms with Crippen LogP contribution in [-0.2, 0) is 10.2 Å². The lowest BCUT2D eigenvalue weighted by molar-refractivity contribution is -0.135. The Bertz CT molecular complexity index is 465. The van der Waals surface area contributed by atoms with Gasteiger partial charge in [0.15, 0.2) is 0 Å². The molecule has 0 spiro atoms. The van der Waals surface area contributed by atoms with Crippen LogP contribution in [0.3, 0.4) is 0 Å². The van der Waals surface area contributed by atoms with E-state index in [0.29, 0.717) is 5.91 Å². The summed E-state index contributed by atoms with van der Waals surface area (Å²) in [5.41, 5.74) is 1.03. The predicted molar refractivity (Wildman–Crippen MR) is 87.8 cm³/mol. The summed E-state index contributed by atoms with van der Waals surface area (Å²) in [4.78, 5) is 15.0. The smallest absolute Gasteiger partial charge is 0.233 e. The fraction of sp³-hybridized carbons (Fsp3) is 0.588. The number of halogens is 1. The summed E-state index contributed by atoms with van der Waals surface area (Å²) in [6.45, 7) is 2.94. The van der Waals surface area contributed by atoms with E-state index < -0.39 is 0 Å². The van der Waals surface area contributed by atoms with Crippen molar-refractivity contribution in [3.63, 3.8) is 0 Å². The molecule has 116 valence electrons. The van der Waals surface area contributed by atoms with Gasteiger partial charge in [-0.2, -0.15) is 0 Å². The molecule has 1 aliphatic heterocycles. The highest BCUT2D eigenvalue weighted by molar-refractivity contribution is 5.91. The number of carbonyl (C=O) groups excluding carboxylic acids is 1. The fourth-order valence-corrected chi connectivity index (χ4v) is 3.44. The van der Waals surface area contributed by atoms with Gasteiger partial charge in [0, 0.05) is 13.1 Å². The van der Waals surface area contributed by atoms with Crippen molar-refractivity contribution in [1.82, 2.24) is 10.2 Å². The molecule has 1 aromatic rings. The first-order chi connectivity index (χ1) is 9.76. The highest BCUT2D eigenvalue weighted by atomic mass is 35.5. The van der Waals surface area contributed by atoms with Gasteiger partial charge in [0.1, 0.15) is 0 Å². The quantitative estimate of drug-likeness (QED) is 0.927. The SMILES string of the molecule is CNCC1CCN(C(=O)C2(c3ccccc3)CC2)CC1.Cl. The molecule has 2 aliphatic rings. The average molecular weight is 309 g/mol. The van der Waals surface area contributed by atoms with Crippen LogP contribution in [0.25, 0.3) is 0 Å². The van der Waals surface area contributed by atoms with Gasteiger partial charge in [-0.3, -0.25) is 4.79 Å². The van der Waals surface area contributed by atoms with Crippen molar-refractivity contribution in [2.45, 2.75) is 31.1 Å². The molecule has 1 amide bonds. The number of hydrogen-bond acceptors (Lipinski definition) is 2. The van der Waals surface area contributed by atoms with E-state index in [9.17, 15) is 4.79 Å². The Hall–Kier alpha value is -1.06. The minimum atomic E-state index is -0.183. The first-order valence-electron chi connectivity index (χ1n) is 7.76. The number of carbonyl (C=O) groups is 1. The zero-order chi connectivity index (χ0) is 14.0. The molecular weight excluding hydrogens is 284 g/mol. The average Bonchev–Trinajstić information content (AvgIpc) is 3.30. The number of rotatable bonds is 4. The van der Waals surface area contributed by atoms with Crippen molar-refractivity contribution in [2.24, 2.45) is 5.92 Å². The Labute approximate surface area is 133 Å². The molecule has 1 saturated carbocycles. The molecule has 3 rings (SSSR count). The molecule has 0 aromatic heterocycles. The second-order valence-electron chi connectivity index (χ2n) is 6.24. The third-order valence-corrected chi connectivity index (χ3v) is 4.88. The van der Waals surface area contributed by atoms with Crippen LogP contribution >= 0.6 is 12.4 Å². The van der Waals surface area contributed by atoms with E-state index in [1.807, 2.05) is 25.2 Å². The van der Waals surface area contributed by atoms with Crippen LogP contribution in [-0.4, -0.2) is 37.5 Å². The maximum atomic E-state index is 12.9. The van der Waals surface area contributed by atoms with Crippen LogP contribution in [0.2, 0.25) is 0 Å². The second kappa shape index (κ2) is 6.80. The van der Waals surface area contributed by atoms with Crippen LogP contribution in [0.15, 0.2) is 30.3 Å². The largest absolute Gasteiger partial charge is 0.342 e. The topological polar surface area (TPSA) is 32.3 Å². The first-order valence-corrected chi connectivity index (χ1v) is 7.76. The minimum absolute atomic E-state index is 0. The van der Waals surface area contributed by atoms with Gasteiger partial charge in [0.25, 0.3) is 0 Å². The number of piperidine rings is 1. The lowest BCUT2D eigenvalue weighted by atomic mass is 9.91. The van der Waals surface area contributed by atoms with Crippen molar-refractivity contribution < 1.29 is 4.79 Å². The van der Waals surface area contributed by atoms with Gasteiger partial charge in [-0.05, 0) is 50.8 Å². The maximum absolute atomic E-state index is 12.9. The van der Waals surface area contributed by atoms with Crippen LogP contribution in [0.1, 0.15) is 31.2 Å². The van der Waals surface area contributed by atoms with Gasteiger partial charge in [-0.1, -0.05) is 30.3 Å². The first kappa shape index (κ1) is 16.3.